The smallest absolute Gasteiger partial charge is 0.264 e. The summed E-state index contributed by atoms with van der Waals surface area (Å²) in [6.07, 6.45) is 4.75. The Morgan fingerprint density at radius 1 is 1.03 bits per heavy atom. The van der Waals surface area contributed by atoms with Crippen LogP contribution in [0.25, 0.3) is 10.8 Å². The van der Waals surface area contributed by atoms with Gasteiger partial charge in [0.15, 0.2) is 0 Å². The summed E-state index contributed by atoms with van der Waals surface area (Å²) in [7, 11) is -3.58. The van der Waals surface area contributed by atoms with Gasteiger partial charge in [-0.05, 0) is 53.0 Å². The quantitative estimate of drug-likeness (QED) is 0.347. The van der Waals surface area contributed by atoms with Crippen LogP contribution in [0.1, 0.15) is 36.4 Å². The van der Waals surface area contributed by atoms with E-state index in [1.807, 2.05) is 58.8 Å². The Balaban J connectivity index is 1.11. The summed E-state index contributed by atoms with van der Waals surface area (Å²) in [5.41, 5.74) is 1.74. The van der Waals surface area contributed by atoms with E-state index in [9.17, 15) is 13.2 Å². The zero-order valence-corrected chi connectivity index (χ0v) is 24.4. The molecule has 1 aromatic heterocycles. The molecule has 2 bridgehead atoms. The zero-order chi connectivity index (χ0) is 27.2. The number of nitrogens with zero attached hydrogens (tertiary/aromatic N) is 3. The van der Waals surface area contributed by atoms with Crippen LogP contribution in [-0.4, -0.2) is 74.2 Å². The molecule has 3 aliphatic carbocycles. The van der Waals surface area contributed by atoms with Crippen molar-refractivity contribution in [2.45, 2.75) is 31.6 Å². The van der Waals surface area contributed by atoms with Crippen molar-refractivity contribution in [3.8, 4) is 0 Å². The summed E-state index contributed by atoms with van der Waals surface area (Å²) < 4.78 is 28.7. The molecule has 2 fully saturated rings. The number of carbonyl (C=O) groups is 1. The number of hydrogen-bond acceptors (Lipinski definition) is 5. The topological polar surface area (TPSA) is 60.9 Å². The minimum atomic E-state index is -3.58. The molecule has 2 atom stereocenters. The summed E-state index contributed by atoms with van der Waals surface area (Å²) in [4.78, 5) is 19.0. The minimum absolute atomic E-state index is 0.0994. The van der Waals surface area contributed by atoms with Crippen LogP contribution in [-0.2, 0) is 10.0 Å². The average molecular weight is 564 g/mol. The predicted octanol–water partition coefficient (Wildman–Crippen LogP) is 5.34. The van der Waals surface area contributed by atoms with Gasteiger partial charge in [-0.25, -0.2) is 8.42 Å². The number of thiophene rings is 1. The van der Waals surface area contributed by atoms with Gasteiger partial charge in [0.05, 0.1) is 9.77 Å². The van der Waals surface area contributed by atoms with E-state index in [1.165, 1.54) is 23.3 Å². The van der Waals surface area contributed by atoms with E-state index in [4.69, 9.17) is 0 Å². The van der Waals surface area contributed by atoms with Gasteiger partial charge in [-0.2, -0.15) is 4.31 Å². The third-order valence-electron chi connectivity index (χ3n) is 9.36. The maximum absolute atomic E-state index is 13.6. The Kier molecular flexibility index (Phi) is 7.16. The van der Waals surface area contributed by atoms with Gasteiger partial charge in [0.2, 0.25) is 10.0 Å². The summed E-state index contributed by atoms with van der Waals surface area (Å²) in [5.74, 6) is 1.44. The summed E-state index contributed by atoms with van der Waals surface area (Å²) in [6.45, 7) is 9.03. The van der Waals surface area contributed by atoms with E-state index in [2.05, 4.69) is 24.8 Å². The number of hydrogen-bond donors (Lipinski definition) is 0. The Labute approximate surface area is 236 Å². The Morgan fingerprint density at radius 3 is 2.51 bits per heavy atom. The molecule has 3 aromatic rings. The highest BCUT2D eigenvalue weighted by Gasteiger charge is 2.51. The SMILES string of the molecule is CC1(C)C2CC=C(CN(CCN3CCN(S(=O)(=O)c4cccc5ccccc45)CC3)C(=O)c3cccs3)C1C2. The molecule has 0 radical (unpaired) electrons. The van der Waals surface area contributed by atoms with E-state index in [1.54, 1.807) is 10.4 Å². The fraction of sp³-hybridized carbons (Fsp3) is 0.452. The number of piperazine rings is 1. The number of sulfonamides is 1. The van der Waals surface area contributed by atoms with Crippen LogP contribution in [0.4, 0.5) is 0 Å². The lowest BCUT2D eigenvalue weighted by atomic mass is 9.49. The second kappa shape index (κ2) is 10.5. The van der Waals surface area contributed by atoms with Crippen LogP contribution in [0.3, 0.4) is 0 Å². The summed E-state index contributed by atoms with van der Waals surface area (Å²) in [6, 6.07) is 17.0. The van der Waals surface area contributed by atoms with Crippen LogP contribution in [0.5, 0.6) is 0 Å². The molecule has 1 saturated carbocycles. The molecule has 206 valence electrons. The van der Waals surface area contributed by atoms with Crippen LogP contribution >= 0.6 is 11.3 Å². The molecule has 1 aliphatic heterocycles. The number of carbonyl (C=O) groups excluding carboxylic acids is 1. The molecular weight excluding hydrogens is 526 g/mol. The second-order valence-corrected chi connectivity index (χ2v) is 14.6. The van der Waals surface area contributed by atoms with Crippen molar-refractivity contribution in [3.63, 3.8) is 0 Å². The van der Waals surface area contributed by atoms with Gasteiger partial charge < -0.3 is 4.90 Å². The number of benzene rings is 2. The molecule has 1 amide bonds. The molecule has 8 heteroatoms. The van der Waals surface area contributed by atoms with E-state index < -0.39 is 10.0 Å². The van der Waals surface area contributed by atoms with Crippen molar-refractivity contribution in [1.29, 1.82) is 0 Å². The lowest BCUT2D eigenvalue weighted by Crippen LogP contribution is -2.52. The first-order chi connectivity index (χ1) is 18.7. The van der Waals surface area contributed by atoms with E-state index in [-0.39, 0.29) is 5.91 Å². The maximum Gasteiger partial charge on any atom is 0.264 e. The number of amides is 1. The molecular formula is C31H37N3O3S2. The van der Waals surface area contributed by atoms with Crippen LogP contribution in [0.2, 0.25) is 0 Å². The Morgan fingerprint density at radius 2 is 1.79 bits per heavy atom. The normalized spacial score (nSPS) is 23.3. The molecule has 2 heterocycles. The van der Waals surface area contributed by atoms with Gasteiger partial charge in [-0.1, -0.05) is 68.0 Å². The van der Waals surface area contributed by atoms with Crippen molar-refractivity contribution in [1.82, 2.24) is 14.1 Å². The van der Waals surface area contributed by atoms with Gasteiger partial charge in [-0.3, -0.25) is 9.69 Å². The highest BCUT2D eigenvalue weighted by Crippen LogP contribution is 2.59. The first kappa shape index (κ1) is 26.7. The van der Waals surface area contributed by atoms with Crippen molar-refractivity contribution in [2.75, 3.05) is 45.8 Å². The molecule has 1 saturated heterocycles. The van der Waals surface area contributed by atoms with Crippen molar-refractivity contribution < 1.29 is 13.2 Å². The van der Waals surface area contributed by atoms with Gasteiger partial charge in [-0.15, -0.1) is 11.3 Å². The van der Waals surface area contributed by atoms with Gasteiger partial charge in [0.1, 0.15) is 0 Å². The molecule has 0 N–H and O–H groups in total. The van der Waals surface area contributed by atoms with Crippen LogP contribution in [0.15, 0.2) is 76.5 Å². The fourth-order valence-corrected chi connectivity index (χ4v) is 9.03. The first-order valence-corrected chi connectivity index (χ1v) is 16.3. The molecule has 39 heavy (non-hydrogen) atoms. The fourth-order valence-electron chi connectivity index (χ4n) is 6.70. The molecule has 6 nitrogen and oxygen atoms in total. The van der Waals surface area contributed by atoms with Crippen LogP contribution < -0.4 is 0 Å². The second-order valence-electron chi connectivity index (χ2n) is 11.7. The van der Waals surface area contributed by atoms with E-state index in [0.717, 1.165) is 34.5 Å². The number of rotatable bonds is 8. The van der Waals surface area contributed by atoms with Gasteiger partial charge >= 0.3 is 0 Å². The van der Waals surface area contributed by atoms with Crippen molar-refractivity contribution >= 4 is 38.0 Å². The zero-order valence-electron chi connectivity index (χ0n) is 22.8. The van der Waals surface area contributed by atoms with Gasteiger partial charge in [0.25, 0.3) is 5.91 Å². The molecule has 2 unspecified atom stereocenters. The number of allylic oxidation sites excluding steroid dienone is 1. The van der Waals surface area contributed by atoms with E-state index >= 15 is 0 Å². The Bertz CT molecular complexity index is 1480. The lowest BCUT2D eigenvalue weighted by molar-refractivity contribution is -0.0105. The van der Waals surface area contributed by atoms with E-state index in [0.29, 0.717) is 55.5 Å². The maximum atomic E-state index is 13.6. The molecule has 2 aromatic carbocycles. The lowest BCUT2D eigenvalue weighted by Gasteiger charge is -2.57. The van der Waals surface area contributed by atoms with Crippen molar-refractivity contribution in [3.05, 3.63) is 76.5 Å². The summed E-state index contributed by atoms with van der Waals surface area (Å²) in [5, 5.41) is 3.66. The minimum Gasteiger partial charge on any atom is -0.333 e. The molecule has 0 spiro atoms. The highest BCUT2D eigenvalue weighted by molar-refractivity contribution is 7.89. The molecule has 4 aliphatic rings. The number of fused-ring (bicyclic) bond motifs is 2. The monoisotopic (exact) mass is 563 g/mol. The standard InChI is InChI=1S/C31H37N3O3S2/c1-31(2)25-13-12-24(27(31)21-25)22-33(30(35)28-10-6-20-38-28)17-14-32-15-18-34(19-16-32)39(36,37)29-11-5-8-23-7-3-4-9-26(23)29/h3-12,20,25,27H,13-19,21-22H2,1-2H3. The third kappa shape index (κ3) is 4.97. The largest absolute Gasteiger partial charge is 0.333 e. The van der Waals surface area contributed by atoms with Crippen molar-refractivity contribution in [2.24, 2.45) is 17.3 Å². The first-order valence-electron chi connectivity index (χ1n) is 14.0. The highest BCUT2D eigenvalue weighted by atomic mass is 32.2. The summed E-state index contributed by atoms with van der Waals surface area (Å²) >= 11 is 1.50. The predicted molar refractivity (Wildman–Crippen MR) is 157 cm³/mol. The Hall–Kier alpha value is -2.52. The molecule has 7 rings (SSSR count). The van der Waals surface area contributed by atoms with Gasteiger partial charge in [0, 0.05) is 51.2 Å². The average Bonchev–Trinajstić information content (AvgIpc) is 3.50. The third-order valence-corrected chi connectivity index (χ3v) is 12.2. The van der Waals surface area contributed by atoms with Crippen LogP contribution in [0, 0.1) is 17.3 Å².